The van der Waals surface area contributed by atoms with Gasteiger partial charge in [0.25, 0.3) is 0 Å². The van der Waals surface area contributed by atoms with Crippen LogP contribution in [0.15, 0.2) is 29.2 Å². The maximum Gasteiger partial charge on any atom is 0.231 e. The molecule has 2 aromatic rings. The SMILES string of the molecule is CSc1cc(C)cc2cc3c(cc12)OCO3. The maximum absolute atomic E-state index is 5.40. The highest BCUT2D eigenvalue weighted by molar-refractivity contribution is 7.98. The molecule has 0 amide bonds. The van der Waals surface area contributed by atoms with Crippen LogP contribution < -0.4 is 9.47 Å². The number of fused-ring (bicyclic) bond motifs is 2. The van der Waals surface area contributed by atoms with Crippen molar-refractivity contribution in [3.8, 4) is 11.5 Å². The molecule has 16 heavy (non-hydrogen) atoms. The smallest absolute Gasteiger partial charge is 0.231 e. The van der Waals surface area contributed by atoms with Crippen LogP contribution in [0.5, 0.6) is 11.5 Å². The monoisotopic (exact) mass is 232 g/mol. The van der Waals surface area contributed by atoms with Gasteiger partial charge in [0.05, 0.1) is 0 Å². The predicted octanol–water partition coefficient (Wildman–Crippen LogP) is 3.60. The van der Waals surface area contributed by atoms with Gasteiger partial charge in [-0.1, -0.05) is 6.07 Å². The molecule has 0 saturated heterocycles. The third kappa shape index (κ3) is 1.43. The van der Waals surface area contributed by atoms with Gasteiger partial charge in [-0.15, -0.1) is 11.8 Å². The van der Waals surface area contributed by atoms with Gasteiger partial charge in [-0.25, -0.2) is 0 Å². The lowest BCUT2D eigenvalue weighted by atomic mass is 10.1. The third-order valence-corrected chi connectivity index (χ3v) is 3.55. The van der Waals surface area contributed by atoms with Crippen LogP contribution in [0.4, 0.5) is 0 Å². The van der Waals surface area contributed by atoms with Crippen LogP contribution in [0.25, 0.3) is 10.8 Å². The maximum atomic E-state index is 5.40. The first kappa shape index (κ1) is 9.85. The molecule has 0 spiro atoms. The Labute approximate surface area is 98.6 Å². The third-order valence-electron chi connectivity index (χ3n) is 2.77. The topological polar surface area (TPSA) is 18.5 Å². The van der Waals surface area contributed by atoms with E-state index in [-0.39, 0.29) is 0 Å². The largest absolute Gasteiger partial charge is 0.454 e. The first-order chi connectivity index (χ1) is 7.78. The summed E-state index contributed by atoms with van der Waals surface area (Å²) >= 11 is 1.76. The molecule has 3 heteroatoms. The van der Waals surface area contributed by atoms with Gasteiger partial charge < -0.3 is 9.47 Å². The number of rotatable bonds is 1. The van der Waals surface area contributed by atoms with Gasteiger partial charge in [0.1, 0.15) is 0 Å². The molecule has 0 saturated carbocycles. The summed E-state index contributed by atoms with van der Waals surface area (Å²) in [4.78, 5) is 1.29. The number of hydrogen-bond donors (Lipinski definition) is 0. The zero-order valence-electron chi connectivity index (χ0n) is 9.24. The molecule has 0 unspecified atom stereocenters. The number of aryl methyl sites for hydroxylation is 1. The summed E-state index contributed by atoms with van der Waals surface area (Å²) in [7, 11) is 0. The standard InChI is InChI=1S/C13H12O2S/c1-8-3-9-5-11-12(15-7-14-11)6-10(9)13(4-8)16-2/h3-6H,7H2,1-2H3. The van der Waals surface area contributed by atoms with Crippen molar-refractivity contribution < 1.29 is 9.47 Å². The molecule has 1 heterocycles. The van der Waals surface area contributed by atoms with Crippen LogP contribution in [-0.2, 0) is 0 Å². The molecule has 82 valence electrons. The molecule has 0 bridgehead atoms. The van der Waals surface area contributed by atoms with Crippen molar-refractivity contribution in [3.63, 3.8) is 0 Å². The summed E-state index contributed by atoms with van der Waals surface area (Å²) in [5.41, 5.74) is 1.27. The number of hydrogen-bond acceptors (Lipinski definition) is 3. The summed E-state index contributed by atoms with van der Waals surface area (Å²) in [6.45, 7) is 2.45. The Balaban J connectivity index is 2.34. The Morgan fingerprint density at radius 2 is 1.81 bits per heavy atom. The lowest BCUT2D eigenvalue weighted by Crippen LogP contribution is -1.92. The number of ether oxygens (including phenoxy) is 2. The molecule has 0 aromatic heterocycles. The van der Waals surface area contributed by atoms with E-state index in [0.717, 1.165) is 11.5 Å². The average molecular weight is 232 g/mol. The summed E-state index contributed by atoms with van der Waals surface area (Å²) in [6.07, 6.45) is 2.10. The van der Waals surface area contributed by atoms with Gasteiger partial charge in [-0.05, 0) is 47.7 Å². The minimum atomic E-state index is 0.333. The molecule has 0 fully saturated rings. The fraction of sp³-hybridized carbons (Fsp3) is 0.231. The minimum Gasteiger partial charge on any atom is -0.454 e. The van der Waals surface area contributed by atoms with E-state index in [1.54, 1.807) is 11.8 Å². The normalized spacial score (nSPS) is 13.4. The van der Waals surface area contributed by atoms with Crippen molar-refractivity contribution in [2.45, 2.75) is 11.8 Å². The van der Waals surface area contributed by atoms with E-state index in [0.29, 0.717) is 6.79 Å². The lowest BCUT2D eigenvalue weighted by Gasteiger charge is -2.07. The fourth-order valence-corrected chi connectivity index (χ4v) is 2.73. The fourth-order valence-electron chi connectivity index (χ4n) is 2.03. The lowest BCUT2D eigenvalue weighted by molar-refractivity contribution is 0.174. The van der Waals surface area contributed by atoms with E-state index in [1.807, 2.05) is 0 Å². The highest BCUT2D eigenvalue weighted by Crippen LogP contribution is 2.39. The Bertz CT molecular complexity index is 563. The first-order valence-corrected chi connectivity index (χ1v) is 6.38. The Morgan fingerprint density at radius 3 is 2.56 bits per heavy atom. The van der Waals surface area contributed by atoms with Gasteiger partial charge in [0.15, 0.2) is 11.5 Å². The van der Waals surface area contributed by atoms with Crippen LogP contribution in [0.2, 0.25) is 0 Å². The highest BCUT2D eigenvalue weighted by Gasteiger charge is 2.15. The Morgan fingerprint density at radius 1 is 1.06 bits per heavy atom. The van der Waals surface area contributed by atoms with Gasteiger partial charge >= 0.3 is 0 Å². The van der Waals surface area contributed by atoms with Crippen LogP contribution >= 0.6 is 11.8 Å². The summed E-state index contributed by atoms with van der Waals surface area (Å²) < 4.78 is 10.8. The van der Waals surface area contributed by atoms with E-state index < -0.39 is 0 Å². The van der Waals surface area contributed by atoms with Crippen molar-refractivity contribution >= 4 is 22.5 Å². The molecule has 0 aliphatic carbocycles. The summed E-state index contributed by atoms with van der Waals surface area (Å²) in [6, 6.07) is 8.51. The van der Waals surface area contributed by atoms with E-state index in [2.05, 4.69) is 37.4 Å². The van der Waals surface area contributed by atoms with E-state index in [4.69, 9.17) is 9.47 Å². The van der Waals surface area contributed by atoms with Gasteiger partial charge in [0, 0.05) is 4.90 Å². The molecule has 1 aliphatic heterocycles. The van der Waals surface area contributed by atoms with E-state index in [9.17, 15) is 0 Å². The summed E-state index contributed by atoms with van der Waals surface area (Å²) in [5.74, 6) is 1.71. The van der Waals surface area contributed by atoms with E-state index in [1.165, 1.54) is 21.2 Å². The van der Waals surface area contributed by atoms with Crippen LogP contribution in [-0.4, -0.2) is 13.0 Å². The summed E-state index contributed by atoms with van der Waals surface area (Å²) in [5, 5.41) is 2.45. The number of benzene rings is 2. The molecule has 0 atom stereocenters. The zero-order valence-corrected chi connectivity index (χ0v) is 10.1. The Hall–Kier alpha value is -1.35. The predicted molar refractivity (Wildman–Crippen MR) is 66.6 cm³/mol. The van der Waals surface area contributed by atoms with Gasteiger partial charge in [-0.3, -0.25) is 0 Å². The van der Waals surface area contributed by atoms with E-state index >= 15 is 0 Å². The van der Waals surface area contributed by atoms with Crippen LogP contribution in [0, 0.1) is 6.92 Å². The first-order valence-electron chi connectivity index (χ1n) is 5.16. The van der Waals surface area contributed by atoms with Crippen molar-refractivity contribution in [2.75, 3.05) is 13.0 Å². The number of thioether (sulfide) groups is 1. The molecule has 2 aromatic carbocycles. The molecule has 0 radical (unpaired) electrons. The van der Waals surface area contributed by atoms with Crippen molar-refractivity contribution in [1.82, 2.24) is 0 Å². The second-order valence-corrected chi connectivity index (χ2v) is 4.74. The zero-order chi connectivity index (χ0) is 11.1. The van der Waals surface area contributed by atoms with Crippen LogP contribution in [0.1, 0.15) is 5.56 Å². The molecule has 1 aliphatic rings. The van der Waals surface area contributed by atoms with Crippen molar-refractivity contribution in [2.24, 2.45) is 0 Å². The molecule has 2 nitrogen and oxygen atoms in total. The molecule has 0 N–H and O–H groups in total. The van der Waals surface area contributed by atoms with Crippen molar-refractivity contribution in [1.29, 1.82) is 0 Å². The van der Waals surface area contributed by atoms with Gasteiger partial charge in [-0.2, -0.15) is 0 Å². The highest BCUT2D eigenvalue weighted by atomic mass is 32.2. The van der Waals surface area contributed by atoms with Crippen molar-refractivity contribution in [3.05, 3.63) is 29.8 Å². The minimum absolute atomic E-state index is 0.333. The average Bonchev–Trinajstić information content (AvgIpc) is 2.72. The molecular formula is C13H12O2S. The molecule has 3 rings (SSSR count). The van der Waals surface area contributed by atoms with Crippen LogP contribution in [0.3, 0.4) is 0 Å². The second kappa shape index (κ2) is 3.59. The van der Waals surface area contributed by atoms with Gasteiger partial charge in [0.2, 0.25) is 6.79 Å². The molecular weight excluding hydrogens is 220 g/mol. The quantitative estimate of drug-likeness (QED) is 0.700. The Kier molecular flexibility index (Phi) is 2.21. The second-order valence-electron chi connectivity index (χ2n) is 3.89.